The molecule has 8 nitrogen and oxygen atoms in total. The van der Waals surface area contributed by atoms with Crippen molar-refractivity contribution >= 4 is 34.1 Å². The molecule has 0 heterocycles. The maximum atomic E-state index is 16.7. The first-order valence-corrected chi connectivity index (χ1v) is 34.0. The summed E-state index contributed by atoms with van der Waals surface area (Å²) in [5.74, 6) is -0.151. The molecule has 1 atom stereocenters. The predicted octanol–water partition coefficient (Wildman–Crippen LogP) is 22.0. The smallest absolute Gasteiger partial charge is 0.150 e. The van der Waals surface area contributed by atoms with Gasteiger partial charge in [-0.15, -0.1) is 0 Å². The molecular weight excluding hydrogens is 1270 g/mol. The van der Waals surface area contributed by atoms with Crippen molar-refractivity contribution in [3.8, 4) is 56.4 Å². The van der Waals surface area contributed by atoms with E-state index in [0.717, 1.165) is 83.6 Å². The molecule has 0 N–H and O–H groups in total. The molecule has 12 aromatic rings. The van der Waals surface area contributed by atoms with Gasteiger partial charge in [-0.3, -0.25) is 0 Å². The summed E-state index contributed by atoms with van der Waals surface area (Å²) in [5, 5.41) is 0. The summed E-state index contributed by atoms with van der Waals surface area (Å²) in [5.41, 5.74) is 14.0. The van der Waals surface area contributed by atoms with Gasteiger partial charge in [0.2, 0.25) is 0 Å². The zero-order valence-corrected chi connectivity index (χ0v) is 56.4. The van der Waals surface area contributed by atoms with Crippen molar-refractivity contribution in [1.29, 1.82) is 0 Å². The highest BCUT2D eigenvalue weighted by Crippen LogP contribution is 2.58. The van der Waals surface area contributed by atoms with Gasteiger partial charge in [0.25, 0.3) is 0 Å². The van der Waals surface area contributed by atoms with Gasteiger partial charge in [-0.05, 0) is 226 Å². The van der Waals surface area contributed by atoms with Crippen molar-refractivity contribution in [3.05, 3.63) is 360 Å². The van der Waals surface area contributed by atoms with E-state index in [4.69, 9.17) is 28.4 Å². The lowest BCUT2D eigenvalue weighted by Crippen LogP contribution is -2.29. The Morgan fingerprint density at radius 2 is 0.733 bits per heavy atom. The van der Waals surface area contributed by atoms with Gasteiger partial charge in [-0.1, -0.05) is 171 Å². The average Bonchev–Trinajstić information content (AvgIpc) is 1.56. The number of rotatable bonds is 30. The topological polar surface area (TPSA) is 61.9 Å². The molecule has 12 aromatic carbocycles. The number of para-hydroxylation sites is 2. The number of fused-ring (bicyclic) bond motifs is 3. The Bertz CT molecular complexity index is 4800. The summed E-state index contributed by atoms with van der Waals surface area (Å²) >= 11 is 0. The highest BCUT2D eigenvalue weighted by atomic mass is 19.1. The van der Waals surface area contributed by atoms with E-state index in [9.17, 15) is 0 Å². The fourth-order valence-electron chi connectivity index (χ4n) is 13.6. The van der Waals surface area contributed by atoms with Crippen LogP contribution < -0.4 is 28.7 Å². The first-order valence-electron chi connectivity index (χ1n) is 34.0. The van der Waals surface area contributed by atoms with Gasteiger partial charge < -0.3 is 38.2 Å². The Morgan fingerprint density at radius 1 is 0.347 bits per heavy atom. The summed E-state index contributed by atoms with van der Waals surface area (Å²) in [6.45, 7) is 15.2. The van der Waals surface area contributed by atoms with Gasteiger partial charge in [0, 0.05) is 36.0 Å². The number of hydrogen-bond acceptors (Lipinski definition) is 8. The van der Waals surface area contributed by atoms with Crippen LogP contribution in [0.25, 0.3) is 33.4 Å². The molecule has 0 amide bonds. The first-order chi connectivity index (χ1) is 49.6. The van der Waals surface area contributed by atoms with Crippen LogP contribution in [-0.2, 0) is 27.7 Å². The monoisotopic (exact) mass is 1340 g/mol. The number of ether oxygens (including phenoxy) is 6. The Morgan fingerprint density at radius 3 is 1.21 bits per heavy atom. The van der Waals surface area contributed by atoms with E-state index in [1.807, 2.05) is 184 Å². The minimum absolute atomic E-state index is 0.241. The van der Waals surface area contributed by atoms with Crippen molar-refractivity contribution in [2.24, 2.45) is 0 Å². The molecule has 0 bridgehead atoms. The normalized spacial score (nSPS) is 12.9. The number of hydrogen-bond donors (Lipinski definition) is 0. The number of nitrogens with zero attached hydrogens (tertiary/aromatic N) is 2. The number of benzene rings is 12. The van der Waals surface area contributed by atoms with Crippen LogP contribution in [0.3, 0.4) is 0 Å². The van der Waals surface area contributed by atoms with Crippen LogP contribution in [0.2, 0.25) is 0 Å². The van der Waals surface area contributed by atoms with E-state index >= 15 is 17.6 Å². The van der Waals surface area contributed by atoms with Crippen molar-refractivity contribution in [2.75, 3.05) is 62.7 Å². The second kappa shape index (κ2) is 31.6. The minimum atomic E-state index is -0.937. The summed E-state index contributed by atoms with van der Waals surface area (Å²) in [4.78, 5) is 3.25. The fourth-order valence-corrected chi connectivity index (χ4v) is 13.6. The zero-order valence-electron chi connectivity index (χ0n) is 56.4. The van der Waals surface area contributed by atoms with Gasteiger partial charge in [0.1, 0.15) is 84.1 Å². The molecule has 0 aromatic heterocycles. The van der Waals surface area contributed by atoms with Crippen LogP contribution in [0.4, 0.5) is 51.7 Å². The number of anilines is 6. The molecule has 506 valence electrons. The lowest BCUT2D eigenvalue weighted by Gasteiger charge is -2.35. The van der Waals surface area contributed by atoms with Gasteiger partial charge in [-0.25, -0.2) is 17.6 Å². The maximum Gasteiger partial charge on any atom is 0.150 e. The molecule has 1 aliphatic carbocycles. The van der Waals surface area contributed by atoms with Gasteiger partial charge >= 0.3 is 0 Å². The molecular formula is C89H76F4N2O6. The standard InChI is InChI=1S/C89H76F4N2O6/c1-5-51-98-73-41-23-61(24-42-73)57-65-15-9-10-16-77(65)78-49-39-71(59-66(78)58-62-25-43-74(44-26-62)100-55-53-96-7-3)94(87-83(90)19-13-20-84(87)91)69-35-27-63(28-36-69)64-29-37-70(38-30-64)95(88-85(92)21-14-22-86(88)93)72-40-50-80-79-17-11-12-18-81(79)89(82(80)60-72,67-31-45-75(46-32-67)99-52-6-2)68-33-47-76(48-34-68)101-56-54-97-8-4/h5-6,9-50,59-60H,1-2,7-8,51-58H2,3-4H3. The van der Waals surface area contributed by atoms with E-state index in [0.29, 0.717) is 106 Å². The molecule has 101 heavy (non-hydrogen) atoms. The molecule has 0 fully saturated rings. The summed E-state index contributed by atoms with van der Waals surface area (Å²) in [7, 11) is 0. The Hall–Kier alpha value is -11.4. The summed E-state index contributed by atoms with van der Waals surface area (Å²) in [6, 6.07) is 83.5. The predicted molar refractivity (Wildman–Crippen MR) is 398 cm³/mol. The van der Waals surface area contributed by atoms with E-state index < -0.39 is 28.7 Å². The van der Waals surface area contributed by atoms with E-state index in [2.05, 4.69) is 73.8 Å². The van der Waals surface area contributed by atoms with Crippen LogP contribution in [0.1, 0.15) is 58.4 Å². The molecule has 13 rings (SSSR count). The van der Waals surface area contributed by atoms with Crippen molar-refractivity contribution in [2.45, 2.75) is 32.1 Å². The highest BCUT2D eigenvalue weighted by molar-refractivity contribution is 5.90. The molecule has 0 saturated carbocycles. The Balaban J connectivity index is 0.872. The van der Waals surface area contributed by atoms with Gasteiger partial charge in [-0.2, -0.15) is 0 Å². The molecule has 1 unspecified atom stereocenters. The van der Waals surface area contributed by atoms with E-state index in [1.165, 1.54) is 36.4 Å². The second-order valence-electron chi connectivity index (χ2n) is 24.4. The molecule has 1 aliphatic rings. The molecule has 0 saturated heterocycles. The van der Waals surface area contributed by atoms with E-state index in [1.54, 1.807) is 22.0 Å². The third-order valence-corrected chi connectivity index (χ3v) is 18.2. The van der Waals surface area contributed by atoms with Gasteiger partial charge in [0.15, 0.2) is 0 Å². The molecule has 12 heteroatoms. The van der Waals surface area contributed by atoms with Crippen molar-refractivity contribution in [1.82, 2.24) is 0 Å². The van der Waals surface area contributed by atoms with Crippen LogP contribution in [0.15, 0.2) is 292 Å². The summed E-state index contributed by atoms with van der Waals surface area (Å²) in [6.07, 6.45) is 4.53. The second-order valence-corrected chi connectivity index (χ2v) is 24.4. The van der Waals surface area contributed by atoms with Crippen LogP contribution in [0, 0.1) is 23.3 Å². The third-order valence-electron chi connectivity index (χ3n) is 18.2. The van der Waals surface area contributed by atoms with E-state index in [-0.39, 0.29) is 11.4 Å². The molecule has 0 spiro atoms. The molecule has 0 radical (unpaired) electrons. The maximum absolute atomic E-state index is 16.7. The van der Waals surface area contributed by atoms with Gasteiger partial charge in [0.05, 0.1) is 18.6 Å². The van der Waals surface area contributed by atoms with Crippen LogP contribution in [0.5, 0.6) is 23.0 Å². The Kier molecular flexibility index (Phi) is 21.3. The van der Waals surface area contributed by atoms with Crippen molar-refractivity contribution in [3.63, 3.8) is 0 Å². The quantitative estimate of drug-likeness (QED) is 0.0251. The first kappa shape index (κ1) is 68.1. The fraction of sp³-hybridized carbons (Fsp3) is 0.146. The largest absolute Gasteiger partial charge is 0.491 e. The average molecular weight is 1350 g/mol. The van der Waals surface area contributed by atoms with Crippen LogP contribution in [-0.4, -0.2) is 52.9 Å². The number of halogens is 4. The van der Waals surface area contributed by atoms with Crippen LogP contribution >= 0.6 is 0 Å². The summed E-state index contributed by atoms with van der Waals surface area (Å²) < 4.78 is 102. The third kappa shape index (κ3) is 14.7. The zero-order chi connectivity index (χ0) is 69.7. The SMILES string of the molecule is C=CCOc1ccc(Cc2ccccc2-c2ccc(N(c3ccc(-c4ccc(N(c5ccc6c(c5)C(c5ccc(OCC=C)cc5)(c5ccc(OCCOCC)cc5)c5ccccc5-6)c5c(F)cccc5F)cc4)cc3)c3c(F)cccc3F)cc2Cc2ccc(OCCOCC)cc2)cc1. The van der Waals surface area contributed by atoms with Crippen molar-refractivity contribution < 1.29 is 46.0 Å². The highest BCUT2D eigenvalue weighted by Gasteiger charge is 2.47. The molecule has 0 aliphatic heterocycles. The lowest BCUT2D eigenvalue weighted by atomic mass is 9.67. The lowest BCUT2D eigenvalue weighted by molar-refractivity contribution is 0.110. The Labute approximate surface area is 588 Å². The minimum Gasteiger partial charge on any atom is -0.491 e.